The highest BCUT2D eigenvalue weighted by molar-refractivity contribution is 5.19. The Hall–Kier alpha value is -1.34. The van der Waals surface area contributed by atoms with E-state index in [1.807, 2.05) is 10.9 Å². The number of nitriles is 1. The van der Waals surface area contributed by atoms with Gasteiger partial charge in [-0.2, -0.15) is 10.4 Å². The van der Waals surface area contributed by atoms with E-state index in [9.17, 15) is 0 Å². The molecule has 1 N–H and O–H groups in total. The number of aromatic nitrogens is 2. The summed E-state index contributed by atoms with van der Waals surface area (Å²) in [6.45, 7) is 4.15. The Bertz CT molecular complexity index is 370. The fraction of sp³-hybridized carbons (Fsp3) is 0.636. The fourth-order valence-corrected chi connectivity index (χ4v) is 1.48. The summed E-state index contributed by atoms with van der Waals surface area (Å²) >= 11 is 0. The third-order valence-electron chi connectivity index (χ3n) is 2.59. The first-order chi connectivity index (χ1) is 7.20. The van der Waals surface area contributed by atoms with E-state index in [1.165, 1.54) is 12.8 Å². The Kier molecular flexibility index (Phi) is 2.74. The van der Waals surface area contributed by atoms with Crippen molar-refractivity contribution in [3.8, 4) is 6.07 Å². The molecule has 2 rings (SSSR count). The summed E-state index contributed by atoms with van der Waals surface area (Å²) < 4.78 is 1.88. The molecule has 1 aromatic heterocycles. The van der Waals surface area contributed by atoms with Crippen molar-refractivity contribution in [3.63, 3.8) is 0 Å². The molecule has 0 bridgehead atoms. The maximum absolute atomic E-state index is 9.05. The lowest BCUT2D eigenvalue weighted by Gasteiger charge is -2.08. The molecule has 0 aromatic carbocycles. The van der Waals surface area contributed by atoms with E-state index in [2.05, 4.69) is 30.3 Å². The van der Waals surface area contributed by atoms with Gasteiger partial charge in [-0.15, -0.1) is 0 Å². The van der Waals surface area contributed by atoms with E-state index in [1.54, 1.807) is 6.20 Å². The lowest BCUT2D eigenvalue weighted by Crippen LogP contribution is -2.21. The van der Waals surface area contributed by atoms with Crippen LogP contribution in [0, 0.1) is 11.3 Å². The topological polar surface area (TPSA) is 53.6 Å². The molecule has 1 aliphatic rings. The van der Waals surface area contributed by atoms with Gasteiger partial charge in [0, 0.05) is 23.8 Å². The lowest BCUT2D eigenvalue weighted by atomic mass is 10.2. The maximum atomic E-state index is 9.05. The van der Waals surface area contributed by atoms with Gasteiger partial charge in [0.05, 0.1) is 12.3 Å². The monoisotopic (exact) mass is 204 g/mol. The third kappa shape index (κ3) is 2.37. The van der Waals surface area contributed by atoms with Gasteiger partial charge in [0.15, 0.2) is 0 Å². The zero-order valence-corrected chi connectivity index (χ0v) is 9.14. The molecule has 1 unspecified atom stereocenters. The molecule has 1 fully saturated rings. The van der Waals surface area contributed by atoms with Crippen LogP contribution in [0.5, 0.6) is 0 Å². The standard InChI is InChI=1S/C11H16N4/c1-8(2)15-7-9(6-13-15)11(5-12)14-10-3-4-10/h6-8,10-11,14H,3-4H2,1-2H3. The molecule has 1 heterocycles. The first-order valence-electron chi connectivity index (χ1n) is 5.40. The normalized spacial score (nSPS) is 17.7. The second-order valence-corrected chi connectivity index (χ2v) is 4.35. The van der Waals surface area contributed by atoms with Crippen LogP contribution in [0.25, 0.3) is 0 Å². The highest BCUT2D eigenvalue weighted by Gasteiger charge is 2.25. The van der Waals surface area contributed by atoms with Gasteiger partial charge >= 0.3 is 0 Å². The van der Waals surface area contributed by atoms with Crippen LogP contribution in [0.2, 0.25) is 0 Å². The van der Waals surface area contributed by atoms with Gasteiger partial charge in [0.1, 0.15) is 6.04 Å². The number of rotatable bonds is 4. The summed E-state index contributed by atoms with van der Waals surface area (Å²) in [6, 6.07) is 2.96. The Morgan fingerprint density at radius 1 is 1.60 bits per heavy atom. The van der Waals surface area contributed by atoms with Crippen molar-refractivity contribution < 1.29 is 0 Å². The summed E-state index contributed by atoms with van der Waals surface area (Å²) in [6.07, 6.45) is 6.12. The van der Waals surface area contributed by atoms with Crippen LogP contribution >= 0.6 is 0 Å². The van der Waals surface area contributed by atoms with Crippen molar-refractivity contribution in [2.24, 2.45) is 0 Å². The van der Waals surface area contributed by atoms with Crippen LogP contribution in [0.3, 0.4) is 0 Å². The summed E-state index contributed by atoms with van der Waals surface area (Å²) in [5.74, 6) is 0. The van der Waals surface area contributed by atoms with Crippen molar-refractivity contribution in [2.45, 2.75) is 44.8 Å². The molecule has 0 amide bonds. The van der Waals surface area contributed by atoms with Crippen molar-refractivity contribution in [2.75, 3.05) is 0 Å². The van der Waals surface area contributed by atoms with Gasteiger partial charge in [-0.3, -0.25) is 10.00 Å². The minimum atomic E-state index is -0.204. The van der Waals surface area contributed by atoms with Crippen molar-refractivity contribution in [3.05, 3.63) is 18.0 Å². The predicted octanol–water partition coefficient (Wildman–Crippen LogP) is 1.78. The van der Waals surface area contributed by atoms with Crippen LogP contribution in [0.15, 0.2) is 12.4 Å². The van der Waals surface area contributed by atoms with Crippen LogP contribution in [-0.2, 0) is 0 Å². The molecule has 0 spiro atoms. The Balaban J connectivity index is 2.08. The smallest absolute Gasteiger partial charge is 0.124 e. The largest absolute Gasteiger partial charge is 0.295 e. The molecule has 80 valence electrons. The van der Waals surface area contributed by atoms with Crippen molar-refractivity contribution in [1.29, 1.82) is 5.26 Å². The van der Waals surface area contributed by atoms with E-state index < -0.39 is 0 Å². The quantitative estimate of drug-likeness (QED) is 0.813. The van der Waals surface area contributed by atoms with Gasteiger partial charge in [0.25, 0.3) is 0 Å². The first-order valence-corrected chi connectivity index (χ1v) is 5.40. The van der Waals surface area contributed by atoms with Crippen LogP contribution in [0.1, 0.15) is 44.3 Å². The van der Waals surface area contributed by atoms with Gasteiger partial charge < -0.3 is 0 Å². The number of nitrogens with one attached hydrogen (secondary N) is 1. The molecule has 4 nitrogen and oxygen atoms in total. The molecule has 0 saturated heterocycles. The van der Waals surface area contributed by atoms with E-state index >= 15 is 0 Å². The van der Waals surface area contributed by atoms with Gasteiger partial charge in [0.2, 0.25) is 0 Å². The third-order valence-corrected chi connectivity index (χ3v) is 2.59. The molecule has 0 aliphatic heterocycles. The fourth-order valence-electron chi connectivity index (χ4n) is 1.48. The maximum Gasteiger partial charge on any atom is 0.124 e. The SMILES string of the molecule is CC(C)n1cc(C(C#N)NC2CC2)cn1. The molecule has 1 atom stereocenters. The zero-order chi connectivity index (χ0) is 10.8. The molecular weight excluding hydrogens is 188 g/mol. The molecule has 0 radical (unpaired) electrons. The van der Waals surface area contributed by atoms with E-state index in [0.717, 1.165) is 5.56 Å². The summed E-state index contributed by atoms with van der Waals surface area (Å²) in [4.78, 5) is 0. The predicted molar refractivity (Wildman–Crippen MR) is 57.1 cm³/mol. The Labute approximate surface area is 89.9 Å². The molecule has 1 aliphatic carbocycles. The minimum Gasteiger partial charge on any atom is -0.295 e. The van der Waals surface area contributed by atoms with Crippen LogP contribution in [0.4, 0.5) is 0 Å². The summed E-state index contributed by atoms with van der Waals surface area (Å²) in [7, 11) is 0. The number of nitrogens with zero attached hydrogens (tertiary/aromatic N) is 3. The molecular formula is C11H16N4. The first kappa shape index (κ1) is 10.2. The van der Waals surface area contributed by atoms with E-state index in [4.69, 9.17) is 5.26 Å². The van der Waals surface area contributed by atoms with E-state index in [-0.39, 0.29) is 6.04 Å². The highest BCUT2D eigenvalue weighted by atomic mass is 15.3. The molecule has 1 saturated carbocycles. The molecule has 4 heteroatoms. The number of hydrogen-bond acceptors (Lipinski definition) is 3. The average Bonchev–Trinajstić information content (AvgIpc) is 2.89. The van der Waals surface area contributed by atoms with Gasteiger partial charge in [-0.25, -0.2) is 0 Å². The Morgan fingerprint density at radius 3 is 2.80 bits per heavy atom. The molecule has 15 heavy (non-hydrogen) atoms. The Morgan fingerprint density at radius 2 is 2.33 bits per heavy atom. The molecule has 1 aromatic rings. The summed E-state index contributed by atoms with van der Waals surface area (Å²) in [5.41, 5.74) is 0.970. The van der Waals surface area contributed by atoms with Crippen molar-refractivity contribution >= 4 is 0 Å². The minimum absolute atomic E-state index is 0.204. The zero-order valence-electron chi connectivity index (χ0n) is 9.14. The van der Waals surface area contributed by atoms with Crippen molar-refractivity contribution in [1.82, 2.24) is 15.1 Å². The van der Waals surface area contributed by atoms with E-state index in [0.29, 0.717) is 12.1 Å². The van der Waals surface area contributed by atoms with Gasteiger partial charge in [-0.05, 0) is 26.7 Å². The number of hydrogen-bond donors (Lipinski definition) is 1. The highest BCUT2D eigenvalue weighted by Crippen LogP contribution is 2.24. The second-order valence-electron chi connectivity index (χ2n) is 4.35. The average molecular weight is 204 g/mol. The summed E-state index contributed by atoms with van der Waals surface area (Å²) in [5, 5.41) is 16.6. The lowest BCUT2D eigenvalue weighted by molar-refractivity contribution is 0.531. The van der Waals surface area contributed by atoms with Gasteiger partial charge in [-0.1, -0.05) is 0 Å². The van der Waals surface area contributed by atoms with Crippen LogP contribution < -0.4 is 5.32 Å². The van der Waals surface area contributed by atoms with Crippen LogP contribution in [-0.4, -0.2) is 15.8 Å². The second kappa shape index (κ2) is 4.03.